The van der Waals surface area contributed by atoms with E-state index in [0.29, 0.717) is 22.7 Å². The number of ether oxygens (including phenoxy) is 1. The predicted molar refractivity (Wildman–Crippen MR) is 162 cm³/mol. The van der Waals surface area contributed by atoms with Crippen molar-refractivity contribution in [2.75, 3.05) is 35.1 Å². The standard InChI is InChI=1S/C30H35ClN4O5S/c1-20(2)28(33-29(36)21-11-14-23(40-3)15-12-21)30(37)32-22-13-16-26(35-17-7-4-8-18-35)27(19-22)41(38,39)34-25-10-6-5-9-24(25)31/h5-6,9-16,19-20,28,34H,4,7-8,17-18H2,1-3H3,(H,32,37)(H,33,36). The van der Waals surface area contributed by atoms with Gasteiger partial charge < -0.3 is 20.3 Å². The molecule has 0 radical (unpaired) electrons. The number of methoxy groups -OCH3 is 1. The SMILES string of the molecule is COc1ccc(C(=O)NC(C(=O)Nc2ccc(N3CCCCC3)c(S(=O)(=O)Nc3ccccc3Cl)c2)C(C)C)cc1. The Morgan fingerprint density at radius 3 is 2.27 bits per heavy atom. The molecular formula is C30H35ClN4O5S. The van der Waals surface area contributed by atoms with E-state index in [1.165, 1.54) is 13.2 Å². The third-order valence-corrected chi connectivity index (χ3v) is 8.64. The maximum absolute atomic E-state index is 13.7. The Balaban J connectivity index is 1.60. The highest BCUT2D eigenvalue weighted by Gasteiger charge is 2.28. The number of carbonyl (C=O) groups excluding carboxylic acids is 2. The normalized spacial score (nSPS) is 14.3. The minimum atomic E-state index is -4.08. The summed E-state index contributed by atoms with van der Waals surface area (Å²) in [4.78, 5) is 28.3. The molecule has 0 aliphatic carbocycles. The number of amides is 2. The summed E-state index contributed by atoms with van der Waals surface area (Å²) in [5.41, 5.74) is 1.48. The number of rotatable bonds is 10. The van der Waals surface area contributed by atoms with E-state index in [1.807, 2.05) is 18.7 Å². The first-order chi connectivity index (χ1) is 19.6. The monoisotopic (exact) mass is 598 g/mol. The second-order valence-corrected chi connectivity index (χ2v) is 12.3. The fourth-order valence-corrected chi connectivity index (χ4v) is 6.24. The zero-order valence-corrected chi connectivity index (χ0v) is 24.9. The number of benzene rings is 3. The Morgan fingerprint density at radius 1 is 0.951 bits per heavy atom. The molecule has 11 heteroatoms. The van der Waals surface area contributed by atoms with Crippen LogP contribution in [-0.2, 0) is 14.8 Å². The summed E-state index contributed by atoms with van der Waals surface area (Å²) < 4.78 is 35.1. The largest absolute Gasteiger partial charge is 0.497 e. The number of anilines is 3. The van der Waals surface area contributed by atoms with Gasteiger partial charge in [-0.25, -0.2) is 8.42 Å². The van der Waals surface area contributed by atoms with Crippen LogP contribution in [0, 0.1) is 5.92 Å². The van der Waals surface area contributed by atoms with Gasteiger partial charge in [-0.3, -0.25) is 14.3 Å². The van der Waals surface area contributed by atoms with E-state index < -0.39 is 27.9 Å². The fourth-order valence-electron chi connectivity index (χ4n) is 4.67. The van der Waals surface area contributed by atoms with E-state index in [2.05, 4.69) is 15.4 Å². The minimum Gasteiger partial charge on any atom is -0.497 e. The second-order valence-electron chi connectivity index (χ2n) is 10.2. The van der Waals surface area contributed by atoms with Crippen molar-refractivity contribution >= 4 is 50.5 Å². The van der Waals surface area contributed by atoms with Crippen LogP contribution in [0.2, 0.25) is 5.02 Å². The predicted octanol–water partition coefficient (Wildman–Crippen LogP) is 5.53. The van der Waals surface area contributed by atoms with Gasteiger partial charge in [0.15, 0.2) is 0 Å². The molecule has 9 nitrogen and oxygen atoms in total. The van der Waals surface area contributed by atoms with Gasteiger partial charge >= 0.3 is 0 Å². The molecule has 3 aromatic carbocycles. The molecular weight excluding hydrogens is 564 g/mol. The molecule has 1 aliphatic rings. The molecule has 3 aromatic rings. The highest BCUT2D eigenvalue weighted by molar-refractivity contribution is 7.93. The Bertz CT molecular complexity index is 1490. The number of nitrogens with one attached hydrogen (secondary N) is 3. The number of halogens is 1. The Morgan fingerprint density at radius 2 is 1.63 bits per heavy atom. The summed E-state index contributed by atoms with van der Waals surface area (Å²) in [5.74, 6) is -0.499. The Hall–Kier alpha value is -3.76. The topological polar surface area (TPSA) is 117 Å². The van der Waals surface area contributed by atoms with Crippen molar-refractivity contribution in [1.82, 2.24) is 5.32 Å². The first-order valence-electron chi connectivity index (χ1n) is 13.5. The second kappa shape index (κ2) is 13.3. The molecule has 1 fully saturated rings. The molecule has 0 saturated carbocycles. The quantitative estimate of drug-likeness (QED) is 0.282. The molecule has 1 saturated heterocycles. The molecule has 1 atom stereocenters. The van der Waals surface area contributed by atoms with Crippen molar-refractivity contribution in [3.05, 3.63) is 77.3 Å². The number of piperidine rings is 1. The van der Waals surface area contributed by atoms with Crippen LogP contribution in [-0.4, -0.2) is 46.5 Å². The van der Waals surface area contributed by atoms with Crippen LogP contribution in [0.5, 0.6) is 5.75 Å². The van der Waals surface area contributed by atoms with Gasteiger partial charge in [0.1, 0.15) is 16.7 Å². The molecule has 218 valence electrons. The lowest BCUT2D eigenvalue weighted by Crippen LogP contribution is -2.47. The number of hydrogen-bond acceptors (Lipinski definition) is 6. The Kier molecular flexibility index (Phi) is 9.77. The van der Waals surface area contributed by atoms with Crippen molar-refractivity contribution in [1.29, 1.82) is 0 Å². The zero-order valence-electron chi connectivity index (χ0n) is 23.3. The van der Waals surface area contributed by atoms with Gasteiger partial charge in [-0.2, -0.15) is 0 Å². The molecule has 1 unspecified atom stereocenters. The highest BCUT2D eigenvalue weighted by atomic mass is 35.5. The lowest BCUT2D eigenvalue weighted by atomic mass is 10.0. The van der Waals surface area contributed by atoms with Gasteiger partial charge in [0.05, 0.1) is 23.5 Å². The van der Waals surface area contributed by atoms with Gasteiger partial charge in [-0.1, -0.05) is 37.6 Å². The number of para-hydroxylation sites is 1. The van der Waals surface area contributed by atoms with Gasteiger partial charge in [0, 0.05) is 24.3 Å². The molecule has 1 aliphatic heterocycles. The first kappa shape index (κ1) is 30.2. The summed E-state index contributed by atoms with van der Waals surface area (Å²) in [6, 6.07) is 17.1. The number of hydrogen-bond donors (Lipinski definition) is 3. The summed E-state index contributed by atoms with van der Waals surface area (Å²) in [7, 11) is -2.54. The molecule has 0 bridgehead atoms. The third kappa shape index (κ3) is 7.51. The van der Waals surface area contributed by atoms with Gasteiger partial charge in [0.2, 0.25) is 5.91 Å². The summed E-state index contributed by atoms with van der Waals surface area (Å²) in [6.07, 6.45) is 3.00. The highest BCUT2D eigenvalue weighted by Crippen LogP contribution is 2.33. The van der Waals surface area contributed by atoms with Crippen LogP contribution in [0.25, 0.3) is 0 Å². The molecule has 0 aromatic heterocycles. The minimum absolute atomic E-state index is 0.0282. The van der Waals surface area contributed by atoms with Crippen LogP contribution in [0.4, 0.5) is 17.1 Å². The number of sulfonamides is 1. The average Bonchev–Trinajstić information content (AvgIpc) is 2.97. The van der Waals surface area contributed by atoms with Crippen LogP contribution in [0.15, 0.2) is 71.6 Å². The van der Waals surface area contributed by atoms with E-state index in [4.69, 9.17) is 16.3 Å². The number of nitrogens with zero attached hydrogens (tertiary/aromatic N) is 1. The maximum Gasteiger partial charge on any atom is 0.264 e. The summed E-state index contributed by atoms with van der Waals surface area (Å²) in [6.45, 7) is 5.10. The van der Waals surface area contributed by atoms with Gasteiger partial charge in [-0.05, 0) is 79.8 Å². The first-order valence-corrected chi connectivity index (χ1v) is 15.4. The summed E-state index contributed by atoms with van der Waals surface area (Å²) >= 11 is 6.24. The fraction of sp³-hybridized carbons (Fsp3) is 0.333. The van der Waals surface area contributed by atoms with E-state index in [0.717, 1.165) is 32.4 Å². The molecule has 0 spiro atoms. The molecule has 41 heavy (non-hydrogen) atoms. The molecule has 4 rings (SSSR count). The number of carbonyl (C=O) groups is 2. The van der Waals surface area contributed by atoms with Crippen molar-refractivity contribution in [2.24, 2.45) is 5.92 Å². The lowest BCUT2D eigenvalue weighted by Gasteiger charge is -2.31. The van der Waals surface area contributed by atoms with E-state index >= 15 is 0 Å². The van der Waals surface area contributed by atoms with Crippen molar-refractivity contribution in [3.63, 3.8) is 0 Å². The van der Waals surface area contributed by atoms with Crippen LogP contribution in [0.3, 0.4) is 0 Å². The van der Waals surface area contributed by atoms with Crippen LogP contribution < -0.4 is 25.0 Å². The van der Waals surface area contributed by atoms with Crippen molar-refractivity contribution in [2.45, 2.75) is 44.0 Å². The smallest absolute Gasteiger partial charge is 0.264 e. The third-order valence-electron chi connectivity index (χ3n) is 6.92. The summed E-state index contributed by atoms with van der Waals surface area (Å²) in [5, 5.41) is 5.87. The van der Waals surface area contributed by atoms with E-state index in [9.17, 15) is 18.0 Å². The maximum atomic E-state index is 13.7. The van der Waals surface area contributed by atoms with E-state index in [1.54, 1.807) is 60.7 Å². The van der Waals surface area contributed by atoms with Crippen molar-refractivity contribution < 1.29 is 22.7 Å². The van der Waals surface area contributed by atoms with Gasteiger partial charge in [-0.15, -0.1) is 0 Å². The van der Waals surface area contributed by atoms with Crippen LogP contribution in [0.1, 0.15) is 43.5 Å². The van der Waals surface area contributed by atoms with Crippen LogP contribution >= 0.6 is 11.6 Å². The molecule has 1 heterocycles. The molecule has 2 amide bonds. The molecule has 3 N–H and O–H groups in total. The average molecular weight is 599 g/mol. The zero-order chi connectivity index (χ0) is 29.6. The lowest BCUT2D eigenvalue weighted by molar-refractivity contribution is -0.118. The Labute approximate surface area is 246 Å². The van der Waals surface area contributed by atoms with E-state index in [-0.39, 0.29) is 21.5 Å². The van der Waals surface area contributed by atoms with Crippen molar-refractivity contribution in [3.8, 4) is 5.75 Å². The van der Waals surface area contributed by atoms with Gasteiger partial charge in [0.25, 0.3) is 15.9 Å².